The molecule has 1 atom stereocenters. The van der Waals surface area contributed by atoms with E-state index in [2.05, 4.69) is 15.3 Å². The van der Waals surface area contributed by atoms with Gasteiger partial charge in [-0.05, 0) is 32.2 Å². The van der Waals surface area contributed by atoms with Gasteiger partial charge in [-0.1, -0.05) is 0 Å². The van der Waals surface area contributed by atoms with Gasteiger partial charge in [0, 0.05) is 29.8 Å². The molecule has 2 fully saturated rings. The van der Waals surface area contributed by atoms with Crippen molar-refractivity contribution < 1.29 is 0 Å². The number of H-pyrrole nitrogens is 2. The van der Waals surface area contributed by atoms with Crippen molar-refractivity contribution >= 4 is 0 Å². The third-order valence-corrected chi connectivity index (χ3v) is 3.48. The van der Waals surface area contributed by atoms with Crippen LogP contribution in [0.2, 0.25) is 0 Å². The lowest BCUT2D eigenvalue weighted by atomic mass is 9.94. The molecule has 15 heavy (non-hydrogen) atoms. The number of nitrogens with one attached hydrogen (secondary N) is 3. The fourth-order valence-corrected chi connectivity index (χ4v) is 2.52. The van der Waals surface area contributed by atoms with Crippen LogP contribution in [0.5, 0.6) is 0 Å². The summed E-state index contributed by atoms with van der Waals surface area (Å²) in [5.41, 5.74) is 2.33. The van der Waals surface area contributed by atoms with E-state index in [9.17, 15) is 4.79 Å². The van der Waals surface area contributed by atoms with Gasteiger partial charge in [-0.15, -0.1) is 0 Å². The first-order valence-corrected chi connectivity index (χ1v) is 5.87. The van der Waals surface area contributed by atoms with E-state index in [1.807, 2.05) is 0 Å². The van der Waals surface area contributed by atoms with Crippen LogP contribution < -0.4 is 11.0 Å². The van der Waals surface area contributed by atoms with Crippen molar-refractivity contribution in [2.75, 3.05) is 13.1 Å². The van der Waals surface area contributed by atoms with Gasteiger partial charge in [-0.25, -0.2) is 4.79 Å². The number of imidazole rings is 1. The Morgan fingerprint density at radius 3 is 2.33 bits per heavy atom. The molecule has 4 nitrogen and oxygen atoms in total. The van der Waals surface area contributed by atoms with E-state index in [1.54, 1.807) is 0 Å². The molecule has 3 rings (SSSR count). The maximum absolute atomic E-state index is 11.4. The van der Waals surface area contributed by atoms with Gasteiger partial charge in [-0.2, -0.15) is 0 Å². The first-order chi connectivity index (χ1) is 7.34. The molecule has 3 N–H and O–H groups in total. The molecule has 1 aromatic rings. The maximum Gasteiger partial charge on any atom is 0.323 e. The van der Waals surface area contributed by atoms with Crippen LogP contribution in [0, 0.1) is 0 Å². The molecule has 1 saturated carbocycles. The summed E-state index contributed by atoms with van der Waals surface area (Å²) in [5.74, 6) is 1.13. The minimum absolute atomic E-state index is 0.0301. The van der Waals surface area contributed by atoms with Gasteiger partial charge in [0.15, 0.2) is 0 Å². The summed E-state index contributed by atoms with van der Waals surface area (Å²) in [6, 6.07) is 0. The number of hydrogen-bond donors (Lipinski definition) is 3. The normalized spacial score (nSPS) is 26.8. The van der Waals surface area contributed by atoms with Crippen LogP contribution >= 0.6 is 0 Å². The molecule has 82 valence electrons. The Balaban J connectivity index is 1.91. The van der Waals surface area contributed by atoms with Gasteiger partial charge in [0.1, 0.15) is 0 Å². The van der Waals surface area contributed by atoms with E-state index in [-0.39, 0.29) is 5.69 Å². The van der Waals surface area contributed by atoms with Crippen molar-refractivity contribution in [2.24, 2.45) is 0 Å². The summed E-state index contributed by atoms with van der Waals surface area (Å²) >= 11 is 0. The van der Waals surface area contributed by atoms with Crippen LogP contribution in [-0.4, -0.2) is 23.1 Å². The van der Waals surface area contributed by atoms with Crippen LogP contribution in [0.15, 0.2) is 4.79 Å². The minimum atomic E-state index is -0.0301. The molecule has 2 heterocycles. The Hall–Kier alpha value is -1.03. The standard InChI is InChI=1S/C11H17N3O/c15-11-13-9(7-3-4-7)10(14-11)8-2-1-5-12-6-8/h7-8,12H,1-6H2,(H2,13,14,15). The molecular weight excluding hydrogens is 190 g/mol. The quantitative estimate of drug-likeness (QED) is 0.678. The van der Waals surface area contributed by atoms with Crippen LogP contribution in [-0.2, 0) is 0 Å². The molecule has 0 aromatic carbocycles. The van der Waals surface area contributed by atoms with Crippen molar-refractivity contribution in [2.45, 2.75) is 37.5 Å². The molecule has 1 unspecified atom stereocenters. The summed E-state index contributed by atoms with van der Waals surface area (Å²) in [7, 11) is 0. The summed E-state index contributed by atoms with van der Waals surface area (Å²) < 4.78 is 0. The minimum Gasteiger partial charge on any atom is -0.316 e. The molecule has 1 aromatic heterocycles. The molecule has 0 spiro atoms. The van der Waals surface area contributed by atoms with Crippen molar-refractivity contribution in [1.82, 2.24) is 15.3 Å². The van der Waals surface area contributed by atoms with Crippen LogP contribution in [0.25, 0.3) is 0 Å². The average molecular weight is 207 g/mol. The highest BCUT2D eigenvalue weighted by molar-refractivity contribution is 5.24. The SMILES string of the molecule is O=c1[nH]c(C2CC2)c(C2CCCNC2)[nH]1. The largest absolute Gasteiger partial charge is 0.323 e. The molecule has 1 saturated heterocycles. The molecule has 2 aliphatic rings. The zero-order valence-electron chi connectivity index (χ0n) is 8.81. The Morgan fingerprint density at radius 2 is 1.73 bits per heavy atom. The molecule has 0 radical (unpaired) electrons. The topological polar surface area (TPSA) is 60.7 Å². The van der Waals surface area contributed by atoms with Crippen molar-refractivity contribution in [3.8, 4) is 0 Å². The smallest absolute Gasteiger partial charge is 0.316 e. The number of rotatable bonds is 2. The highest BCUT2D eigenvalue weighted by Crippen LogP contribution is 2.42. The van der Waals surface area contributed by atoms with Crippen molar-refractivity contribution in [1.29, 1.82) is 0 Å². The van der Waals surface area contributed by atoms with Gasteiger partial charge in [0.2, 0.25) is 0 Å². The van der Waals surface area contributed by atoms with E-state index in [1.165, 1.54) is 37.1 Å². The van der Waals surface area contributed by atoms with Crippen molar-refractivity contribution in [3.05, 3.63) is 21.9 Å². The summed E-state index contributed by atoms with van der Waals surface area (Å²) in [5, 5.41) is 3.39. The number of piperidine rings is 1. The Morgan fingerprint density at radius 1 is 1.00 bits per heavy atom. The van der Waals surface area contributed by atoms with E-state index < -0.39 is 0 Å². The second kappa shape index (κ2) is 3.52. The van der Waals surface area contributed by atoms with Gasteiger partial charge in [0.05, 0.1) is 0 Å². The predicted molar refractivity (Wildman–Crippen MR) is 58.2 cm³/mol. The molecule has 0 bridgehead atoms. The fourth-order valence-electron chi connectivity index (χ4n) is 2.52. The van der Waals surface area contributed by atoms with E-state index in [0.29, 0.717) is 11.8 Å². The zero-order valence-corrected chi connectivity index (χ0v) is 8.81. The Kier molecular flexibility index (Phi) is 2.16. The van der Waals surface area contributed by atoms with E-state index in [4.69, 9.17) is 0 Å². The lowest BCUT2D eigenvalue weighted by molar-refractivity contribution is 0.453. The average Bonchev–Trinajstić information content (AvgIpc) is 3.03. The lowest BCUT2D eigenvalue weighted by Crippen LogP contribution is -2.29. The molecular formula is C11H17N3O. The highest BCUT2D eigenvalue weighted by atomic mass is 16.1. The maximum atomic E-state index is 11.4. The molecule has 0 amide bonds. The summed E-state index contributed by atoms with van der Waals surface area (Å²) in [6.45, 7) is 2.12. The van der Waals surface area contributed by atoms with Gasteiger partial charge in [-0.3, -0.25) is 0 Å². The Bertz CT molecular complexity index is 396. The summed E-state index contributed by atoms with van der Waals surface area (Å²) in [6.07, 6.45) is 4.88. The first-order valence-electron chi connectivity index (χ1n) is 5.87. The highest BCUT2D eigenvalue weighted by Gasteiger charge is 2.31. The second-order valence-electron chi connectivity index (χ2n) is 4.72. The first kappa shape index (κ1) is 9.21. The number of aromatic amines is 2. The van der Waals surface area contributed by atoms with Crippen LogP contribution in [0.4, 0.5) is 0 Å². The summed E-state index contributed by atoms with van der Waals surface area (Å²) in [4.78, 5) is 17.3. The number of hydrogen-bond acceptors (Lipinski definition) is 2. The van der Waals surface area contributed by atoms with E-state index in [0.717, 1.165) is 13.1 Å². The Labute approximate surface area is 88.5 Å². The third kappa shape index (κ3) is 1.74. The molecule has 4 heteroatoms. The predicted octanol–water partition coefficient (Wildman–Crippen LogP) is 1.05. The van der Waals surface area contributed by atoms with Gasteiger partial charge in [0.25, 0.3) is 0 Å². The third-order valence-electron chi connectivity index (χ3n) is 3.48. The number of aromatic nitrogens is 2. The van der Waals surface area contributed by atoms with Crippen LogP contribution in [0.1, 0.15) is 48.9 Å². The molecule has 1 aliphatic heterocycles. The van der Waals surface area contributed by atoms with Crippen molar-refractivity contribution in [3.63, 3.8) is 0 Å². The van der Waals surface area contributed by atoms with E-state index >= 15 is 0 Å². The lowest BCUT2D eigenvalue weighted by Gasteiger charge is -2.22. The molecule has 1 aliphatic carbocycles. The fraction of sp³-hybridized carbons (Fsp3) is 0.727. The van der Waals surface area contributed by atoms with Gasteiger partial charge < -0.3 is 15.3 Å². The van der Waals surface area contributed by atoms with Crippen LogP contribution in [0.3, 0.4) is 0 Å². The van der Waals surface area contributed by atoms with Gasteiger partial charge >= 0.3 is 5.69 Å². The monoisotopic (exact) mass is 207 g/mol. The zero-order chi connectivity index (χ0) is 10.3. The second-order valence-corrected chi connectivity index (χ2v) is 4.72.